The van der Waals surface area contributed by atoms with Crippen LogP contribution in [-0.2, 0) is 5.41 Å². The fourth-order valence-electron chi connectivity index (χ4n) is 3.07. The molecule has 180 valence electrons. The van der Waals surface area contributed by atoms with Crippen molar-refractivity contribution in [2.24, 2.45) is 0 Å². The second-order valence-electron chi connectivity index (χ2n) is 6.28. The van der Waals surface area contributed by atoms with Crippen molar-refractivity contribution in [2.75, 3.05) is 26.8 Å². The first-order chi connectivity index (χ1) is 14.0. The van der Waals surface area contributed by atoms with E-state index in [-0.39, 0.29) is 89.4 Å². The number of nitrogens with zero attached hydrogens (tertiary/aromatic N) is 2. The van der Waals surface area contributed by atoms with Gasteiger partial charge in [0.1, 0.15) is 5.75 Å². The van der Waals surface area contributed by atoms with Crippen molar-refractivity contribution in [3.05, 3.63) is 59.4 Å². The zero-order chi connectivity index (χ0) is 22.4. The first-order valence-corrected chi connectivity index (χ1v) is 10.3. The number of aliphatic hydroxyl groups excluding tert-OH is 1. The van der Waals surface area contributed by atoms with Crippen molar-refractivity contribution in [1.29, 1.82) is 0 Å². The summed E-state index contributed by atoms with van der Waals surface area (Å²) in [4.78, 5) is 18.3. The molecule has 2 aromatic rings. The molecule has 1 aliphatic heterocycles. The molecule has 1 aliphatic rings. The standard InChI is InChI=1S/C19H21N2O2.2C2H6.CH4O.U.Yb/c1-4-23-17-9-8-15(11-14(17)2)19(3)12-21(13-19)18(22)16-7-5-6-10-20-16;3*1-2;;/h6-11H,4,12-13H2,1-3H3;2*1-2H3;2H,1H3;;/q-1;;;;;. The van der Waals surface area contributed by atoms with Crippen LogP contribution in [-0.4, -0.2) is 47.7 Å². The molecule has 2 heterocycles. The molecule has 1 N–H and O–H groups in total. The van der Waals surface area contributed by atoms with Gasteiger partial charge in [0.05, 0.1) is 6.61 Å². The first-order valence-electron chi connectivity index (χ1n) is 10.3. The number of hydrogen-bond acceptors (Lipinski definition) is 4. The average molecular weight is 813 g/mol. The van der Waals surface area contributed by atoms with Crippen molar-refractivity contribution < 1.29 is 92.7 Å². The minimum absolute atomic E-state index is 0. The van der Waals surface area contributed by atoms with Crippen LogP contribution in [0.2, 0.25) is 0 Å². The van der Waals surface area contributed by atoms with Gasteiger partial charge in [0.2, 0.25) is 5.91 Å². The van der Waals surface area contributed by atoms with Crippen molar-refractivity contribution in [3.8, 4) is 5.75 Å². The number of ether oxygens (including phenoxy) is 1. The summed E-state index contributed by atoms with van der Waals surface area (Å²) < 4.78 is 5.60. The molecule has 0 radical (unpaired) electrons. The van der Waals surface area contributed by atoms with Crippen molar-refractivity contribution in [1.82, 2.24) is 9.88 Å². The van der Waals surface area contributed by atoms with Gasteiger partial charge in [-0.25, -0.2) is 0 Å². The molecule has 0 bridgehead atoms. The van der Waals surface area contributed by atoms with Gasteiger partial charge in [0.15, 0.2) is 0 Å². The second kappa shape index (κ2) is 19.6. The minimum Gasteiger partial charge on any atom is -0.494 e. The van der Waals surface area contributed by atoms with E-state index in [9.17, 15) is 4.79 Å². The van der Waals surface area contributed by atoms with E-state index in [1.165, 1.54) is 5.56 Å². The zero-order valence-electron chi connectivity index (χ0n) is 20.0. The molecule has 1 amide bonds. The molecule has 0 unspecified atom stereocenters. The Bertz CT molecular complexity index is 724. The Balaban J connectivity index is -0.000000904. The van der Waals surface area contributed by atoms with E-state index in [0.717, 1.165) is 18.4 Å². The van der Waals surface area contributed by atoms with Crippen LogP contribution in [0.1, 0.15) is 63.2 Å². The number of pyridine rings is 1. The number of likely N-dealkylation sites (tertiary alicyclic amines) is 1. The summed E-state index contributed by atoms with van der Waals surface area (Å²) in [6, 6.07) is 12.5. The molecule has 7 heteroatoms. The Kier molecular flexibility index (Phi) is 22.6. The second-order valence-corrected chi connectivity index (χ2v) is 6.28. The summed E-state index contributed by atoms with van der Waals surface area (Å²) in [6.07, 6.45) is 1.60. The number of rotatable bonds is 4. The summed E-state index contributed by atoms with van der Waals surface area (Å²) >= 11 is 0. The van der Waals surface area contributed by atoms with Gasteiger partial charge >= 0.3 is 0 Å². The molecule has 0 atom stereocenters. The van der Waals surface area contributed by atoms with Gasteiger partial charge in [-0.1, -0.05) is 52.9 Å². The fourth-order valence-corrected chi connectivity index (χ4v) is 3.07. The number of benzene rings is 1. The Morgan fingerprint density at radius 3 is 2.26 bits per heavy atom. The number of aliphatic hydroxyl groups is 1. The summed E-state index contributed by atoms with van der Waals surface area (Å²) in [7, 11) is 1.00. The van der Waals surface area contributed by atoms with Gasteiger partial charge in [-0.15, -0.1) is 6.07 Å². The molecule has 0 spiro atoms. The molecule has 1 aromatic heterocycles. The third kappa shape index (κ3) is 10.3. The van der Waals surface area contributed by atoms with E-state index in [4.69, 9.17) is 9.84 Å². The number of hydrogen-bond donors (Lipinski definition) is 1. The van der Waals surface area contributed by atoms with Crippen LogP contribution in [0, 0.1) is 91.0 Å². The summed E-state index contributed by atoms with van der Waals surface area (Å²) in [5.74, 6) is 0.901. The Hall–Kier alpha value is 0.171. The van der Waals surface area contributed by atoms with Gasteiger partial charge in [-0.05, 0) is 31.0 Å². The molecule has 1 fully saturated rings. The molecule has 0 saturated carbocycles. The minimum atomic E-state index is -0.0259. The van der Waals surface area contributed by atoms with E-state index in [0.29, 0.717) is 25.4 Å². The molecule has 3 rings (SSSR count). The van der Waals surface area contributed by atoms with E-state index < -0.39 is 0 Å². The maximum atomic E-state index is 12.4. The number of aryl methyl sites for hydroxylation is 1. The van der Waals surface area contributed by atoms with Crippen LogP contribution in [0.5, 0.6) is 5.75 Å². The molecular weight excluding hydrogens is 775 g/mol. The van der Waals surface area contributed by atoms with Gasteiger partial charge in [0, 0.05) is 109 Å². The number of aromatic nitrogens is 1. The Labute approximate surface area is 251 Å². The predicted molar refractivity (Wildman–Crippen MR) is 120 cm³/mol. The number of carbonyl (C=O) groups is 1. The summed E-state index contributed by atoms with van der Waals surface area (Å²) in [6.45, 7) is 16.3. The zero-order valence-corrected chi connectivity index (χ0v) is 25.9. The largest absolute Gasteiger partial charge is 0.494 e. The van der Waals surface area contributed by atoms with Crippen molar-refractivity contribution in [3.63, 3.8) is 0 Å². The average Bonchev–Trinajstić information content (AvgIpc) is 2.77. The number of carbonyl (C=O) groups excluding carboxylic acids is 1. The third-order valence-corrected chi connectivity index (χ3v) is 4.36. The molecule has 1 aromatic carbocycles. The van der Waals surface area contributed by atoms with Gasteiger partial charge in [-0.3, -0.25) is 4.79 Å². The van der Waals surface area contributed by atoms with Gasteiger partial charge in [0.25, 0.3) is 0 Å². The van der Waals surface area contributed by atoms with E-state index >= 15 is 0 Å². The van der Waals surface area contributed by atoms with Gasteiger partial charge < -0.3 is 19.7 Å². The quantitative estimate of drug-likeness (QED) is 0.457. The van der Waals surface area contributed by atoms with Crippen LogP contribution < -0.4 is 4.74 Å². The molecule has 1 saturated heterocycles. The third-order valence-electron chi connectivity index (χ3n) is 4.36. The molecule has 31 heavy (non-hydrogen) atoms. The summed E-state index contributed by atoms with van der Waals surface area (Å²) in [5, 5.41) is 7.00. The normalized spacial score (nSPS) is 12.4. The summed E-state index contributed by atoms with van der Waals surface area (Å²) in [5.41, 5.74) is 2.83. The Morgan fingerprint density at radius 2 is 1.81 bits per heavy atom. The van der Waals surface area contributed by atoms with Crippen LogP contribution >= 0.6 is 0 Å². The first kappa shape index (κ1) is 35.8. The monoisotopic (exact) mass is 813 g/mol. The van der Waals surface area contributed by atoms with Crippen molar-refractivity contribution >= 4 is 5.91 Å². The number of amides is 1. The predicted octanol–water partition coefficient (Wildman–Crippen LogP) is 4.66. The fraction of sp³-hybridized carbons (Fsp3) is 0.500. The van der Waals surface area contributed by atoms with Crippen LogP contribution in [0.4, 0.5) is 0 Å². The molecule has 5 nitrogen and oxygen atoms in total. The van der Waals surface area contributed by atoms with Crippen molar-refractivity contribution in [2.45, 2.75) is 53.9 Å². The van der Waals surface area contributed by atoms with E-state index in [1.54, 1.807) is 18.3 Å². The van der Waals surface area contributed by atoms with Crippen LogP contribution in [0.15, 0.2) is 36.5 Å². The smallest absolute Gasteiger partial charge is 0.215 e. The Morgan fingerprint density at radius 1 is 1.23 bits per heavy atom. The van der Waals surface area contributed by atoms with E-state index in [1.807, 2.05) is 45.6 Å². The van der Waals surface area contributed by atoms with Crippen LogP contribution in [0.3, 0.4) is 0 Å². The topological polar surface area (TPSA) is 62.7 Å². The van der Waals surface area contributed by atoms with E-state index in [2.05, 4.69) is 37.0 Å². The van der Waals surface area contributed by atoms with Gasteiger partial charge in [-0.2, -0.15) is 12.1 Å². The maximum Gasteiger partial charge on any atom is 0.215 e. The maximum absolute atomic E-state index is 12.4. The molecular formula is C24H37N2O3UYb-. The SMILES string of the molecule is CC.CC.CCOc1ccc(C2(C)CN(C(=O)c3c[c-]ccn3)C2)cc1C.CO.[U].[Yb]. The van der Waals surface area contributed by atoms with Crippen LogP contribution in [0.25, 0.3) is 0 Å². The molecule has 0 aliphatic carbocycles.